The summed E-state index contributed by atoms with van der Waals surface area (Å²) in [6, 6.07) is 2.23. The van der Waals surface area contributed by atoms with Gasteiger partial charge in [-0.15, -0.1) is 0 Å². The molecule has 6 heteroatoms. The molecule has 192 valence electrons. The van der Waals surface area contributed by atoms with Gasteiger partial charge in [-0.05, 0) is 114 Å². The quantitative estimate of drug-likeness (QED) is 0.449. The van der Waals surface area contributed by atoms with Crippen molar-refractivity contribution in [3.05, 3.63) is 29.1 Å². The van der Waals surface area contributed by atoms with Crippen molar-refractivity contribution in [2.75, 3.05) is 6.61 Å². The minimum absolute atomic E-state index is 0.0314. The highest BCUT2D eigenvalue weighted by molar-refractivity contribution is 5.97. The lowest BCUT2D eigenvalue weighted by Gasteiger charge is -2.56. The number of halogens is 1. The van der Waals surface area contributed by atoms with Gasteiger partial charge in [0.15, 0.2) is 0 Å². The average Bonchev–Trinajstić information content (AvgIpc) is 3.59. The molecular weight excluding hydrogens is 445 g/mol. The molecule has 0 aliphatic heterocycles. The van der Waals surface area contributed by atoms with Crippen LogP contribution in [0.3, 0.4) is 0 Å². The predicted molar refractivity (Wildman–Crippen MR) is 132 cm³/mol. The summed E-state index contributed by atoms with van der Waals surface area (Å²) >= 11 is 0. The summed E-state index contributed by atoms with van der Waals surface area (Å²) in [5, 5.41) is 2.68. The van der Waals surface area contributed by atoms with Crippen LogP contribution in [0.2, 0.25) is 0 Å². The highest BCUT2D eigenvalue weighted by atomic mass is 19.1. The highest BCUT2D eigenvalue weighted by Gasteiger charge is 2.51. The molecule has 5 fully saturated rings. The average molecular weight is 486 g/mol. The maximum absolute atomic E-state index is 15.2. The molecule has 0 spiro atoms. The lowest BCUT2D eigenvalue weighted by atomic mass is 9.50. The van der Waals surface area contributed by atoms with Crippen molar-refractivity contribution < 1.29 is 23.5 Å². The van der Waals surface area contributed by atoms with Crippen LogP contribution in [0, 0.1) is 29.0 Å². The van der Waals surface area contributed by atoms with Gasteiger partial charge in [0.2, 0.25) is 0 Å². The van der Waals surface area contributed by atoms with Crippen LogP contribution < -0.4 is 10.1 Å². The van der Waals surface area contributed by atoms with Crippen molar-refractivity contribution in [3.63, 3.8) is 0 Å². The summed E-state index contributed by atoms with van der Waals surface area (Å²) in [6.45, 7) is 7.79. The third-order valence-electron chi connectivity index (χ3n) is 8.47. The van der Waals surface area contributed by atoms with Crippen molar-refractivity contribution in [2.45, 2.75) is 103 Å². The van der Waals surface area contributed by atoms with Crippen molar-refractivity contribution >= 4 is 11.9 Å². The minimum Gasteiger partial charge on any atom is -0.493 e. The number of nitrogens with one attached hydrogen (secondary N) is 1. The van der Waals surface area contributed by atoms with Gasteiger partial charge < -0.3 is 14.8 Å². The number of amides is 1. The zero-order chi connectivity index (χ0) is 25.0. The molecule has 0 aromatic heterocycles. The monoisotopic (exact) mass is 485 g/mol. The van der Waals surface area contributed by atoms with E-state index in [-0.39, 0.29) is 11.0 Å². The number of benzene rings is 1. The van der Waals surface area contributed by atoms with E-state index in [1.54, 1.807) is 33.8 Å². The Bertz CT molecular complexity index is 958. The zero-order valence-corrected chi connectivity index (χ0v) is 21.6. The van der Waals surface area contributed by atoms with Crippen LogP contribution in [0.25, 0.3) is 0 Å². The molecule has 6 rings (SSSR count). The second-order valence-electron chi connectivity index (χ2n) is 12.8. The first-order valence-corrected chi connectivity index (χ1v) is 13.5. The Morgan fingerprint density at radius 3 is 2.20 bits per heavy atom. The first-order chi connectivity index (χ1) is 16.5. The van der Waals surface area contributed by atoms with E-state index in [2.05, 4.69) is 5.32 Å². The van der Waals surface area contributed by atoms with E-state index in [9.17, 15) is 9.59 Å². The lowest BCUT2D eigenvalue weighted by Crippen LogP contribution is -2.48. The van der Waals surface area contributed by atoms with E-state index in [1.807, 2.05) is 0 Å². The van der Waals surface area contributed by atoms with Gasteiger partial charge in [-0.3, -0.25) is 4.79 Å². The van der Waals surface area contributed by atoms with Crippen LogP contribution in [-0.2, 0) is 9.53 Å². The first-order valence-electron chi connectivity index (χ1n) is 13.5. The molecule has 0 saturated heterocycles. The maximum Gasteiger partial charge on any atom is 0.329 e. The molecule has 5 aliphatic carbocycles. The third kappa shape index (κ3) is 5.36. The standard InChI is InChI=1S/C29H40FNO4/c1-5-24(27(33)35-28(2,3)4)31-26(32)22-11-21(20-6-7-20)25(12-23(22)30)34-16-29-13-17-8-18(14-29)10-19(9-17)15-29/h11-12,17-20,24H,5-10,13-16H2,1-4H3,(H,31,32)/t17?,18?,19?,24-,29?/m0/s1. The number of hydrogen-bond acceptors (Lipinski definition) is 4. The normalized spacial score (nSPS) is 30.1. The van der Waals surface area contributed by atoms with Crippen LogP contribution in [0.15, 0.2) is 12.1 Å². The molecule has 4 bridgehead atoms. The molecule has 35 heavy (non-hydrogen) atoms. The molecule has 0 heterocycles. The molecule has 0 radical (unpaired) electrons. The molecule has 5 aliphatic rings. The fourth-order valence-electron chi connectivity index (χ4n) is 7.22. The van der Waals surface area contributed by atoms with Gasteiger partial charge in [0.05, 0.1) is 12.2 Å². The zero-order valence-electron chi connectivity index (χ0n) is 21.6. The molecular formula is C29H40FNO4. The van der Waals surface area contributed by atoms with Crippen molar-refractivity contribution in [1.82, 2.24) is 5.32 Å². The van der Waals surface area contributed by atoms with Crippen molar-refractivity contribution in [3.8, 4) is 5.75 Å². The molecule has 1 aromatic carbocycles. The van der Waals surface area contributed by atoms with E-state index in [1.165, 1.54) is 44.6 Å². The summed E-state index contributed by atoms with van der Waals surface area (Å²) in [6.07, 6.45) is 10.3. The third-order valence-corrected chi connectivity index (χ3v) is 8.47. The van der Waals surface area contributed by atoms with Crippen molar-refractivity contribution in [2.24, 2.45) is 23.2 Å². The van der Waals surface area contributed by atoms with Crippen LogP contribution in [0.1, 0.15) is 107 Å². The molecule has 0 unspecified atom stereocenters. The Morgan fingerprint density at radius 2 is 1.69 bits per heavy atom. The summed E-state index contributed by atoms with van der Waals surface area (Å²) in [4.78, 5) is 25.5. The minimum atomic E-state index is -0.822. The summed E-state index contributed by atoms with van der Waals surface area (Å²) in [5.74, 6) is 1.72. The first kappa shape index (κ1) is 24.6. The van der Waals surface area contributed by atoms with E-state index in [0.717, 1.165) is 36.2 Å². The fourth-order valence-corrected chi connectivity index (χ4v) is 7.22. The van der Waals surface area contributed by atoms with Crippen molar-refractivity contribution in [1.29, 1.82) is 0 Å². The van der Waals surface area contributed by atoms with Gasteiger partial charge in [-0.25, -0.2) is 9.18 Å². The Balaban J connectivity index is 1.30. The largest absolute Gasteiger partial charge is 0.493 e. The fraction of sp³-hybridized carbons (Fsp3) is 0.724. The van der Waals surface area contributed by atoms with Gasteiger partial charge in [-0.1, -0.05) is 6.92 Å². The highest BCUT2D eigenvalue weighted by Crippen LogP contribution is 2.60. The van der Waals surface area contributed by atoms with Crippen LogP contribution in [-0.4, -0.2) is 30.1 Å². The Hall–Kier alpha value is -2.11. The molecule has 1 amide bonds. The molecule has 5 saturated carbocycles. The van der Waals surface area contributed by atoms with Crippen LogP contribution >= 0.6 is 0 Å². The number of ether oxygens (including phenoxy) is 2. The van der Waals surface area contributed by atoms with E-state index >= 15 is 4.39 Å². The van der Waals surface area contributed by atoms with Crippen LogP contribution in [0.5, 0.6) is 5.75 Å². The number of carbonyl (C=O) groups is 2. The maximum atomic E-state index is 15.2. The topological polar surface area (TPSA) is 64.6 Å². The molecule has 5 nitrogen and oxygen atoms in total. The SMILES string of the molecule is CC[C@H](NC(=O)c1cc(C2CC2)c(OCC23CC4CC(CC(C4)C2)C3)cc1F)C(=O)OC(C)(C)C. The Morgan fingerprint density at radius 1 is 1.09 bits per heavy atom. The second kappa shape index (κ2) is 9.08. The van der Waals surface area contributed by atoms with Gasteiger partial charge >= 0.3 is 5.97 Å². The van der Waals surface area contributed by atoms with Crippen LogP contribution in [0.4, 0.5) is 4.39 Å². The smallest absolute Gasteiger partial charge is 0.329 e. The number of rotatable bonds is 8. The van der Waals surface area contributed by atoms with Gasteiger partial charge in [-0.2, -0.15) is 0 Å². The molecule has 1 N–H and O–H groups in total. The van der Waals surface area contributed by atoms with Gasteiger partial charge in [0, 0.05) is 11.5 Å². The second-order valence-corrected chi connectivity index (χ2v) is 12.8. The number of carbonyl (C=O) groups excluding carboxylic acids is 2. The predicted octanol–water partition coefficient (Wildman–Crippen LogP) is 6.15. The Kier molecular flexibility index (Phi) is 6.38. The lowest BCUT2D eigenvalue weighted by molar-refractivity contribution is -0.157. The van der Waals surface area contributed by atoms with Gasteiger partial charge in [0.25, 0.3) is 5.91 Å². The van der Waals surface area contributed by atoms with E-state index < -0.39 is 29.3 Å². The summed E-state index contributed by atoms with van der Waals surface area (Å²) in [5.41, 5.74) is 0.474. The molecule has 1 aromatic rings. The number of hydrogen-bond donors (Lipinski definition) is 1. The Labute approximate surface area is 208 Å². The number of esters is 1. The summed E-state index contributed by atoms with van der Waals surface area (Å²) < 4.78 is 27.0. The van der Waals surface area contributed by atoms with E-state index in [4.69, 9.17) is 9.47 Å². The van der Waals surface area contributed by atoms with Gasteiger partial charge in [0.1, 0.15) is 23.2 Å². The summed E-state index contributed by atoms with van der Waals surface area (Å²) in [7, 11) is 0. The van der Waals surface area contributed by atoms with E-state index in [0.29, 0.717) is 24.7 Å². The molecule has 1 atom stereocenters.